The highest BCUT2D eigenvalue weighted by Crippen LogP contribution is 2.43. The summed E-state index contributed by atoms with van der Waals surface area (Å²) in [7, 11) is -3.47. The molecule has 1 fully saturated rings. The molecule has 1 saturated heterocycles. The van der Waals surface area contributed by atoms with E-state index in [2.05, 4.69) is 51.3 Å². The number of fused-ring (bicyclic) bond motifs is 1. The van der Waals surface area contributed by atoms with E-state index in [1.807, 2.05) is 48.5 Å². The Morgan fingerprint density at radius 2 is 1.52 bits per heavy atom. The highest BCUT2D eigenvalue weighted by Gasteiger charge is 2.44. The molecule has 14 nitrogen and oxygen atoms in total. The van der Waals surface area contributed by atoms with Gasteiger partial charge in [0.25, 0.3) is 0 Å². The van der Waals surface area contributed by atoms with Crippen molar-refractivity contribution in [2.24, 2.45) is 0 Å². The third kappa shape index (κ3) is 9.65. The number of piperidine rings is 1. The van der Waals surface area contributed by atoms with E-state index in [1.54, 1.807) is 12.1 Å². The summed E-state index contributed by atoms with van der Waals surface area (Å²) in [5, 5.41) is 48.2. The minimum absolute atomic E-state index is 0.00271. The molecule has 0 radical (unpaired) electrons. The molecule has 3 heterocycles. The van der Waals surface area contributed by atoms with E-state index in [0.717, 1.165) is 54.6 Å². The summed E-state index contributed by atoms with van der Waals surface area (Å²) in [4.78, 5) is 9.61. The molecule has 3 aromatic carbocycles. The molecule has 0 aliphatic carbocycles. The number of nitrogens with one attached hydrogen (secondary N) is 3. The number of sulfonamides is 1. The Kier molecular flexibility index (Phi) is 12.4. The molecule has 15 heteroatoms. The van der Waals surface area contributed by atoms with E-state index in [-0.39, 0.29) is 18.0 Å². The summed E-state index contributed by atoms with van der Waals surface area (Å²) in [6, 6.07) is 22.7. The Morgan fingerprint density at radius 1 is 0.852 bits per heavy atom. The van der Waals surface area contributed by atoms with Gasteiger partial charge in [-0.25, -0.2) is 23.3 Å². The summed E-state index contributed by atoms with van der Waals surface area (Å²) in [5.41, 5.74) is 4.61. The number of benzene rings is 3. The van der Waals surface area contributed by atoms with Gasteiger partial charge in [-0.3, -0.25) is 10.0 Å². The van der Waals surface area contributed by atoms with Crippen LogP contribution in [-0.4, -0.2) is 81.6 Å². The van der Waals surface area contributed by atoms with Gasteiger partial charge in [-0.05, 0) is 85.7 Å². The van der Waals surface area contributed by atoms with Crippen LogP contribution in [0.1, 0.15) is 86.4 Å². The minimum Gasteiger partial charge on any atom is -0.494 e. The van der Waals surface area contributed by atoms with Crippen molar-refractivity contribution in [3.05, 3.63) is 107 Å². The second-order valence-electron chi connectivity index (χ2n) is 14.4. The van der Waals surface area contributed by atoms with Gasteiger partial charge < -0.3 is 35.2 Å². The molecular formula is C39H50N6O8S. The molecule has 5 atom stereocenters. The zero-order valence-corrected chi connectivity index (χ0v) is 31.5. The van der Waals surface area contributed by atoms with Gasteiger partial charge in [-0.1, -0.05) is 44.2 Å². The van der Waals surface area contributed by atoms with Crippen LogP contribution >= 0.6 is 0 Å². The molecule has 4 aromatic rings. The lowest BCUT2D eigenvalue weighted by Gasteiger charge is -2.40. The summed E-state index contributed by atoms with van der Waals surface area (Å²) in [5.74, 6) is 1.48. The molecule has 2 aliphatic rings. The van der Waals surface area contributed by atoms with Crippen molar-refractivity contribution in [3.63, 3.8) is 0 Å². The molecule has 1 aromatic heterocycles. The molecule has 290 valence electrons. The number of ether oxygens (including phenoxy) is 2. The van der Waals surface area contributed by atoms with Crippen LogP contribution in [0.2, 0.25) is 0 Å². The zero-order chi connectivity index (χ0) is 38.5. The normalized spacial score (nSPS) is 21.7. The molecule has 54 heavy (non-hydrogen) atoms. The smallest absolute Gasteiger partial charge is 0.236 e. The van der Waals surface area contributed by atoms with Gasteiger partial charge in [0.15, 0.2) is 0 Å². The van der Waals surface area contributed by atoms with Gasteiger partial charge in [0, 0.05) is 35.0 Å². The fourth-order valence-corrected chi connectivity index (χ4v) is 7.36. The number of hydrogen-bond donors (Lipinski definition) is 7. The molecule has 0 bridgehead atoms. The van der Waals surface area contributed by atoms with E-state index in [9.17, 15) is 28.8 Å². The van der Waals surface area contributed by atoms with Gasteiger partial charge in [0.2, 0.25) is 16.0 Å². The highest BCUT2D eigenvalue weighted by molar-refractivity contribution is 7.91. The fourth-order valence-electron chi connectivity index (χ4n) is 6.93. The number of unbranched alkanes of at least 4 members (excludes halogenated alkanes) is 2. The summed E-state index contributed by atoms with van der Waals surface area (Å²) < 4.78 is 37.1. The summed E-state index contributed by atoms with van der Waals surface area (Å²) >= 11 is 0. The first kappa shape index (κ1) is 39.3. The van der Waals surface area contributed by atoms with Crippen LogP contribution in [0.25, 0.3) is 0 Å². The van der Waals surface area contributed by atoms with Crippen LogP contribution in [0, 0.1) is 0 Å². The maximum atomic E-state index is 11.5. The van der Waals surface area contributed by atoms with Gasteiger partial charge >= 0.3 is 0 Å². The standard InChI is InChI=1S/C39H50N6O8S/c1-39(2,26-9-14-30(15-10-26)53-24-28-19-21-41-38(42-28)44-54(3,50)51)25-7-12-29(13-8-25)52-22-6-4-5-20-40-27-11-16-31-32(23-27)37(49)45(36(31)48)33-17-18-34(46)43-35(33)47/h7-16,19,21,23,33-37,40,43,46-49H,4-6,17-18,20,22,24H2,1-3H3,(H,41,42,44). The molecule has 5 unspecified atom stereocenters. The highest BCUT2D eigenvalue weighted by atomic mass is 32.2. The second-order valence-corrected chi connectivity index (χ2v) is 16.1. The van der Waals surface area contributed by atoms with Crippen LogP contribution in [0.15, 0.2) is 79.0 Å². The van der Waals surface area contributed by atoms with Crippen molar-refractivity contribution in [1.29, 1.82) is 0 Å². The zero-order valence-electron chi connectivity index (χ0n) is 30.7. The molecule has 0 saturated carbocycles. The van der Waals surface area contributed by atoms with E-state index in [4.69, 9.17) is 9.47 Å². The van der Waals surface area contributed by atoms with Gasteiger partial charge in [0.05, 0.1) is 24.6 Å². The SMILES string of the molecule is CC(C)(c1ccc(OCCCCCNc2ccc3c(c2)C(O)N(C2CCC(O)NC2O)C3O)cc1)c1ccc(OCc2ccnc(NS(C)(=O)=O)n2)cc1. The first-order valence-electron chi connectivity index (χ1n) is 18.2. The van der Waals surface area contributed by atoms with Gasteiger partial charge in [0.1, 0.15) is 43.0 Å². The van der Waals surface area contributed by atoms with E-state index >= 15 is 0 Å². The third-order valence-electron chi connectivity index (χ3n) is 10.0. The van der Waals surface area contributed by atoms with Crippen LogP contribution < -0.4 is 24.8 Å². The summed E-state index contributed by atoms with van der Waals surface area (Å²) in [6.45, 7) is 5.84. The Bertz CT molecular complexity index is 1960. The van der Waals surface area contributed by atoms with Gasteiger partial charge in [-0.2, -0.15) is 0 Å². The van der Waals surface area contributed by atoms with Crippen LogP contribution in [-0.2, 0) is 22.0 Å². The number of hydrogen-bond acceptors (Lipinski definition) is 13. The van der Waals surface area contributed by atoms with E-state index < -0.39 is 41.0 Å². The van der Waals surface area contributed by atoms with Crippen molar-refractivity contribution >= 4 is 21.7 Å². The molecule has 0 spiro atoms. The topological polar surface area (TPSA) is 199 Å². The van der Waals surface area contributed by atoms with Crippen molar-refractivity contribution in [2.75, 3.05) is 29.4 Å². The van der Waals surface area contributed by atoms with Crippen LogP contribution in [0.5, 0.6) is 11.5 Å². The van der Waals surface area contributed by atoms with Crippen molar-refractivity contribution in [3.8, 4) is 11.5 Å². The predicted octanol–water partition coefficient (Wildman–Crippen LogP) is 4.10. The Labute approximate surface area is 316 Å². The average Bonchev–Trinajstić information content (AvgIpc) is 3.38. The number of aliphatic hydroxyl groups excluding tert-OH is 4. The van der Waals surface area contributed by atoms with Crippen molar-refractivity contribution in [2.45, 2.75) is 88.9 Å². The fraction of sp³-hybridized carbons (Fsp3) is 0.436. The number of aliphatic hydroxyl groups is 4. The molecule has 7 N–H and O–H groups in total. The van der Waals surface area contributed by atoms with Gasteiger partial charge in [-0.15, -0.1) is 0 Å². The lowest BCUT2D eigenvalue weighted by Crippen LogP contribution is -2.57. The Hall–Kier alpha value is -4.35. The van der Waals surface area contributed by atoms with Crippen molar-refractivity contribution < 1.29 is 38.3 Å². The van der Waals surface area contributed by atoms with Crippen LogP contribution in [0.4, 0.5) is 11.6 Å². The Balaban J connectivity index is 0.906. The number of nitrogens with zero attached hydrogens (tertiary/aromatic N) is 3. The summed E-state index contributed by atoms with van der Waals surface area (Å²) in [6.07, 6.45) is 2.21. The van der Waals surface area contributed by atoms with E-state index in [1.165, 1.54) is 11.1 Å². The molecular weight excluding hydrogens is 713 g/mol. The average molecular weight is 763 g/mol. The quantitative estimate of drug-likeness (QED) is 0.0807. The largest absolute Gasteiger partial charge is 0.494 e. The van der Waals surface area contributed by atoms with Crippen molar-refractivity contribution in [1.82, 2.24) is 20.2 Å². The Morgan fingerprint density at radius 3 is 2.19 bits per heavy atom. The van der Waals surface area contributed by atoms with E-state index in [0.29, 0.717) is 42.0 Å². The molecule has 2 aliphatic heterocycles. The lowest BCUT2D eigenvalue weighted by atomic mass is 9.78. The third-order valence-corrected chi connectivity index (χ3v) is 10.6. The maximum Gasteiger partial charge on any atom is 0.236 e. The molecule has 6 rings (SSSR count). The first-order valence-corrected chi connectivity index (χ1v) is 20.1. The monoisotopic (exact) mass is 762 g/mol. The number of aromatic nitrogens is 2. The lowest BCUT2D eigenvalue weighted by molar-refractivity contribution is -0.159. The number of rotatable bonds is 16. The second kappa shape index (κ2) is 17.0. The minimum atomic E-state index is -3.47. The first-order chi connectivity index (χ1) is 25.8. The maximum absolute atomic E-state index is 11.5. The predicted molar refractivity (Wildman–Crippen MR) is 204 cm³/mol. The van der Waals surface area contributed by atoms with Crippen LogP contribution in [0.3, 0.4) is 0 Å². The molecule has 0 amide bonds. The number of anilines is 2.